The minimum atomic E-state index is -0.205. The fraction of sp³-hybridized carbons (Fsp3) is 0.111. The number of nitrogens with zero attached hydrogens (tertiary/aromatic N) is 1. The first-order valence-electron chi connectivity index (χ1n) is 3.83. The summed E-state index contributed by atoms with van der Waals surface area (Å²) in [6.07, 6.45) is 1.21. The maximum absolute atomic E-state index is 11.1. The second kappa shape index (κ2) is 4.92. The molecule has 0 aliphatic heterocycles. The van der Waals surface area contributed by atoms with Gasteiger partial charge in [0.15, 0.2) is 0 Å². The number of nitrogens with one attached hydrogen (secondary N) is 1. The van der Waals surface area contributed by atoms with Crippen LogP contribution in [0.3, 0.4) is 0 Å². The molecule has 68 valence electrons. The Morgan fingerprint density at radius 1 is 1.46 bits per heavy atom. The summed E-state index contributed by atoms with van der Waals surface area (Å²) in [5.74, 6) is -0.205. The van der Waals surface area contributed by atoms with Gasteiger partial charge in [-0.3, -0.25) is 4.79 Å². The Bertz CT molecular complexity index is 296. The molecule has 0 atom stereocenters. The van der Waals surface area contributed by atoms with Gasteiger partial charge in [0, 0.05) is 5.69 Å². The maximum atomic E-state index is 11.1. The number of benzene rings is 1. The van der Waals surface area contributed by atoms with Crippen LogP contribution in [0.4, 0.5) is 5.69 Å². The van der Waals surface area contributed by atoms with Crippen LogP contribution in [0.15, 0.2) is 35.5 Å². The van der Waals surface area contributed by atoms with Crippen molar-refractivity contribution in [3.8, 4) is 0 Å². The van der Waals surface area contributed by atoms with Crippen molar-refractivity contribution in [2.24, 2.45) is 5.16 Å². The highest BCUT2D eigenvalue weighted by molar-refractivity contribution is 5.98. The number of rotatable bonds is 3. The molecule has 0 unspecified atom stereocenters. The molecule has 0 saturated heterocycles. The van der Waals surface area contributed by atoms with Crippen molar-refractivity contribution >= 4 is 17.8 Å². The third-order valence-electron chi connectivity index (χ3n) is 1.42. The first kappa shape index (κ1) is 9.25. The number of carbonyl (C=O) groups excluding carboxylic acids is 1. The predicted molar refractivity (Wildman–Crippen MR) is 50.0 cm³/mol. The van der Waals surface area contributed by atoms with E-state index in [0.29, 0.717) is 0 Å². The van der Waals surface area contributed by atoms with Crippen molar-refractivity contribution in [1.82, 2.24) is 0 Å². The zero-order valence-corrected chi connectivity index (χ0v) is 6.97. The quantitative estimate of drug-likeness (QED) is 0.418. The van der Waals surface area contributed by atoms with Gasteiger partial charge in [0.25, 0.3) is 0 Å². The molecule has 0 aromatic heterocycles. The standard InChI is InChI=1S/C9H10N2O2/c12-9(6-7-10-13)11-8-4-2-1-3-5-8/h1-5,7,13H,6H2,(H,11,12)/b10-7-. The van der Waals surface area contributed by atoms with E-state index in [9.17, 15) is 4.79 Å². The molecule has 0 aliphatic rings. The molecule has 0 fully saturated rings. The molecule has 0 bridgehead atoms. The SMILES string of the molecule is O=C(C/C=N\O)Nc1ccccc1. The smallest absolute Gasteiger partial charge is 0.229 e. The largest absolute Gasteiger partial charge is 0.411 e. The highest BCUT2D eigenvalue weighted by atomic mass is 16.4. The van der Waals surface area contributed by atoms with Crippen molar-refractivity contribution < 1.29 is 10.0 Å². The minimum absolute atomic E-state index is 0.0748. The number of carbonyl (C=O) groups is 1. The van der Waals surface area contributed by atoms with E-state index in [2.05, 4.69) is 10.5 Å². The van der Waals surface area contributed by atoms with Gasteiger partial charge in [-0.15, -0.1) is 5.16 Å². The number of oxime groups is 1. The second-order valence-electron chi connectivity index (χ2n) is 2.42. The van der Waals surface area contributed by atoms with Gasteiger partial charge in [0.05, 0.1) is 12.6 Å². The van der Waals surface area contributed by atoms with Gasteiger partial charge < -0.3 is 10.5 Å². The molecule has 4 nitrogen and oxygen atoms in total. The van der Waals surface area contributed by atoms with Crippen molar-refractivity contribution in [3.05, 3.63) is 30.3 Å². The van der Waals surface area contributed by atoms with Crippen LogP contribution in [0.5, 0.6) is 0 Å². The Labute approximate surface area is 75.9 Å². The Morgan fingerprint density at radius 2 is 2.15 bits per heavy atom. The normalized spacial score (nSPS) is 10.2. The van der Waals surface area contributed by atoms with Gasteiger partial charge >= 0.3 is 0 Å². The van der Waals surface area contributed by atoms with E-state index in [1.165, 1.54) is 0 Å². The summed E-state index contributed by atoms with van der Waals surface area (Å²) in [5, 5.41) is 13.4. The van der Waals surface area contributed by atoms with E-state index in [4.69, 9.17) is 5.21 Å². The monoisotopic (exact) mass is 178 g/mol. The van der Waals surface area contributed by atoms with Crippen LogP contribution in [0.25, 0.3) is 0 Å². The van der Waals surface area contributed by atoms with Gasteiger partial charge in [-0.05, 0) is 12.1 Å². The number of hydrogen-bond acceptors (Lipinski definition) is 3. The number of hydrogen-bond donors (Lipinski definition) is 2. The summed E-state index contributed by atoms with van der Waals surface area (Å²) in [7, 11) is 0. The molecule has 1 amide bonds. The lowest BCUT2D eigenvalue weighted by molar-refractivity contribution is -0.115. The summed E-state index contributed by atoms with van der Waals surface area (Å²) < 4.78 is 0. The fourth-order valence-corrected chi connectivity index (χ4v) is 0.857. The number of para-hydroxylation sites is 1. The van der Waals surface area contributed by atoms with Crippen LogP contribution < -0.4 is 5.32 Å². The lowest BCUT2D eigenvalue weighted by Gasteiger charge is -2.01. The Morgan fingerprint density at radius 3 is 2.77 bits per heavy atom. The molecular weight excluding hydrogens is 168 g/mol. The van der Waals surface area contributed by atoms with Crippen LogP contribution in [-0.2, 0) is 4.79 Å². The third kappa shape index (κ3) is 3.37. The van der Waals surface area contributed by atoms with Crippen LogP contribution in [0.2, 0.25) is 0 Å². The van der Waals surface area contributed by atoms with E-state index < -0.39 is 0 Å². The van der Waals surface area contributed by atoms with Crippen molar-refractivity contribution in [1.29, 1.82) is 0 Å². The average molecular weight is 178 g/mol. The van der Waals surface area contributed by atoms with Crippen LogP contribution in [-0.4, -0.2) is 17.3 Å². The number of anilines is 1. The molecule has 1 aromatic carbocycles. The van der Waals surface area contributed by atoms with Crippen LogP contribution in [0.1, 0.15) is 6.42 Å². The van der Waals surface area contributed by atoms with Crippen LogP contribution in [0, 0.1) is 0 Å². The summed E-state index contributed by atoms with van der Waals surface area (Å²) in [6.45, 7) is 0. The molecule has 1 aromatic rings. The van der Waals surface area contributed by atoms with E-state index in [1.807, 2.05) is 18.2 Å². The van der Waals surface area contributed by atoms with Gasteiger partial charge in [-0.2, -0.15) is 0 Å². The van der Waals surface area contributed by atoms with Crippen molar-refractivity contribution in [2.45, 2.75) is 6.42 Å². The Kier molecular flexibility index (Phi) is 3.50. The molecule has 13 heavy (non-hydrogen) atoms. The molecule has 0 radical (unpaired) electrons. The first-order chi connectivity index (χ1) is 6.33. The van der Waals surface area contributed by atoms with E-state index >= 15 is 0 Å². The molecule has 2 N–H and O–H groups in total. The topological polar surface area (TPSA) is 61.7 Å². The second-order valence-corrected chi connectivity index (χ2v) is 2.42. The zero-order valence-electron chi connectivity index (χ0n) is 6.97. The summed E-state index contributed by atoms with van der Waals surface area (Å²) >= 11 is 0. The van der Waals surface area contributed by atoms with E-state index in [0.717, 1.165) is 11.9 Å². The summed E-state index contributed by atoms with van der Waals surface area (Å²) in [5.41, 5.74) is 0.735. The average Bonchev–Trinajstić information content (AvgIpc) is 2.16. The lowest BCUT2D eigenvalue weighted by Crippen LogP contribution is -2.11. The molecule has 0 spiro atoms. The van der Waals surface area contributed by atoms with Gasteiger partial charge in [-0.1, -0.05) is 18.2 Å². The van der Waals surface area contributed by atoms with Gasteiger partial charge in [0.1, 0.15) is 0 Å². The minimum Gasteiger partial charge on any atom is -0.411 e. The fourth-order valence-electron chi connectivity index (χ4n) is 0.857. The highest BCUT2D eigenvalue weighted by Crippen LogP contribution is 2.04. The lowest BCUT2D eigenvalue weighted by atomic mass is 10.3. The Balaban J connectivity index is 2.46. The number of amides is 1. The first-order valence-corrected chi connectivity index (χ1v) is 3.83. The summed E-state index contributed by atoms with van der Waals surface area (Å²) in [6, 6.07) is 9.10. The highest BCUT2D eigenvalue weighted by Gasteiger charge is 1.98. The molecular formula is C9H10N2O2. The zero-order chi connectivity index (χ0) is 9.52. The molecule has 0 heterocycles. The van der Waals surface area contributed by atoms with Crippen molar-refractivity contribution in [2.75, 3.05) is 5.32 Å². The van der Waals surface area contributed by atoms with E-state index in [1.54, 1.807) is 12.1 Å². The molecule has 4 heteroatoms. The summed E-state index contributed by atoms with van der Waals surface area (Å²) in [4.78, 5) is 11.1. The van der Waals surface area contributed by atoms with Gasteiger partial charge in [-0.25, -0.2) is 0 Å². The molecule has 0 saturated carbocycles. The Hall–Kier alpha value is -1.84. The molecule has 0 aliphatic carbocycles. The van der Waals surface area contributed by atoms with Crippen molar-refractivity contribution in [3.63, 3.8) is 0 Å². The predicted octanol–water partition coefficient (Wildman–Crippen LogP) is 1.48. The van der Waals surface area contributed by atoms with Gasteiger partial charge in [0.2, 0.25) is 5.91 Å². The third-order valence-corrected chi connectivity index (χ3v) is 1.42. The van der Waals surface area contributed by atoms with Crippen LogP contribution >= 0.6 is 0 Å². The van der Waals surface area contributed by atoms with E-state index in [-0.39, 0.29) is 12.3 Å². The maximum Gasteiger partial charge on any atom is 0.229 e. The molecule has 1 rings (SSSR count).